The van der Waals surface area contributed by atoms with Crippen molar-refractivity contribution in [3.63, 3.8) is 0 Å². The Hall–Kier alpha value is -2.11. The van der Waals surface area contributed by atoms with Crippen LogP contribution in [0.5, 0.6) is 5.75 Å². The Morgan fingerprint density at radius 3 is 2.96 bits per heavy atom. The standard InChI is InChI=1S/C20H19NO3S/c22-14-3-4-15-13(9-19(23)24-17(15)10-14)11-21-7-5-18-16(6-8-25-18)20(21)12-1-2-12/h3-4,6,8-10,12,20,22H,1-2,5,7,11H2/p+1/t20-/m1/s1. The van der Waals surface area contributed by atoms with Gasteiger partial charge in [0.25, 0.3) is 0 Å². The van der Waals surface area contributed by atoms with Crippen molar-refractivity contribution in [2.45, 2.75) is 31.8 Å². The summed E-state index contributed by atoms with van der Waals surface area (Å²) in [7, 11) is 0. The fraction of sp³-hybridized carbons (Fsp3) is 0.350. The zero-order valence-corrected chi connectivity index (χ0v) is 14.6. The Labute approximate surface area is 149 Å². The lowest BCUT2D eigenvalue weighted by Gasteiger charge is -2.33. The van der Waals surface area contributed by atoms with Crippen LogP contribution in [-0.2, 0) is 13.0 Å². The van der Waals surface area contributed by atoms with Crippen molar-refractivity contribution in [3.05, 3.63) is 62.1 Å². The van der Waals surface area contributed by atoms with Gasteiger partial charge in [0.1, 0.15) is 23.9 Å². The van der Waals surface area contributed by atoms with Gasteiger partial charge in [0.05, 0.1) is 6.54 Å². The largest absolute Gasteiger partial charge is 0.508 e. The second kappa shape index (κ2) is 5.71. The minimum atomic E-state index is -0.344. The fourth-order valence-corrected chi connectivity index (χ4v) is 5.23. The maximum absolute atomic E-state index is 12.0. The van der Waals surface area contributed by atoms with E-state index in [0.717, 1.165) is 36.4 Å². The van der Waals surface area contributed by atoms with E-state index in [-0.39, 0.29) is 11.4 Å². The molecule has 0 bridgehead atoms. The summed E-state index contributed by atoms with van der Waals surface area (Å²) in [6, 6.07) is 9.52. The van der Waals surface area contributed by atoms with Crippen LogP contribution in [0, 0.1) is 5.92 Å². The predicted molar refractivity (Wildman–Crippen MR) is 97.2 cm³/mol. The van der Waals surface area contributed by atoms with Crippen LogP contribution in [-0.4, -0.2) is 11.7 Å². The first-order valence-electron chi connectivity index (χ1n) is 8.85. The summed E-state index contributed by atoms with van der Waals surface area (Å²) in [6.45, 7) is 1.93. The molecule has 0 spiro atoms. The summed E-state index contributed by atoms with van der Waals surface area (Å²) in [5, 5.41) is 12.8. The molecule has 2 N–H and O–H groups in total. The van der Waals surface area contributed by atoms with Crippen molar-refractivity contribution in [1.29, 1.82) is 0 Å². The Balaban J connectivity index is 1.55. The lowest BCUT2D eigenvalue weighted by atomic mass is 9.95. The van der Waals surface area contributed by atoms with E-state index in [1.165, 1.54) is 24.5 Å². The van der Waals surface area contributed by atoms with Crippen molar-refractivity contribution in [1.82, 2.24) is 0 Å². The second-order valence-corrected chi connectivity index (χ2v) is 8.22. The zero-order chi connectivity index (χ0) is 17.0. The van der Waals surface area contributed by atoms with Crippen LogP contribution in [0.2, 0.25) is 0 Å². The number of hydrogen-bond acceptors (Lipinski definition) is 4. The lowest BCUT2D eigenvalue weighted by molar-refractivity contribution is -0.949. The topological polar surface area (TPSA) is 54.9 Å². The van der Waals surface area contributed by atoms with Crippen molar-refractivity contribution >= 4 is 22.3 Å². The molecular formula is C20H20NO3S+. The average Bonchev–Trinajstić information content (AvgIpc) is 3.30. The van der Waals surface area contributed by atoms with Crippen molar-refractivity contribution < 1.29 is 14.4 Å². The van der Waals surface area contributed by atoms with E-state index < -0.39 is 0 Å². The normalized spacial score (nSPS) is 22.9. The second-order valence-electron chi connectivity index (χ2n) is 7.22. The first-order valence-corrected chi connectivity index (χ1v) is 9.73. The highest BCUT2D eigenvalue weighted by molar-refractivity contribution is 7.10. The molecule has 4 nitrogen and oxygen atoms in total. The van der Waals surface area contributed by atoms with Crippen LogP contribution in [0.4, 0.5) is 0 Å². The van der Waals surface area contributed by atoms with E-state index in [2.05, 4.69) is 11.4 Å². The summed E-state index contributed by atoms with van der Waals surface area (Å²) in [5.74, 6) is 0.899. The van der Waals surface area contributed by atoms with Gasteiger partial charge in [-0.2, -0.15) is 0 Å². The van der Waals surface area contributed by atoms with Crippen LogP contribution in [0.1, 0.15) is 34.9 Å². The minimum absolute atomic E-state index is 0.122. The molecule has 1 aliphatic carbocycles. The molecule has 0 radical (unpaired) electrons. The Kier molecular flexibility index (Phi) is 3.47. The number of aromatic hydroxyl groups is 1. The number of quaternary nitrogens is 1. The summed E-state index contributed by atoms with van der Waals surface area (Å²) in [5.41, 5.74) is 2.67. The van der Waals surface area contributed by atoms with E-state index >= 15 is 0 Å². The molecule has 1 unspecified atom stereocenters. The van der Waals surface area contributed by atoms with Crippen molar-refractivity contribution in [3.8, 4) is 5.75 Å². The molecule has 1 aromatic carbocycles. The highest BCUT2D eigenvalue weighted by atomic mass is 32.1. The quantitative estimate of drug-likeness (QED) is 0.711. The molecule has 1 fully saturated rings. The molecule has 0 amide bonds. The van der Waals surface area contributed by atoms with Crippen LogP contribution in [0.25, 0.3) is 11.0 Å². The third-order valence-corrected chi connectivity index (χ3v) is 6.55. The van der Waals surface area contributed by atoms with Crippen LogP contribution >= 0.6 is 11.3 Å². The number of hydrogen-bond donors (Lipinski definition) is 2. The molecule has 128 valence electrons. The Bertz CT molecular complexity index is 1000. The van der Waals surface area contributed by atoms with Gasteiger partial charge < -0.3 is 14.4 Å². The molecule has 2 aliphatic rings. The number of thiophene rings is 1. The number of phenolic OH excluding ortho intramolecular Hbond substituents is 1. The Morgan fingerprint density at radius 1 is 1.24 bits per heavy atom. The summed E-state index contributed by atoms with van der Waals surface area (Å²) in [6.07, 6.45) is 3.75. The summed E-state index contributed by atoms with van der Waals surface area (Å²) in [4.78, 5) is 15.1. The fourth-order valence-electron chi connectivity index (χ4n) is 4.30. The number of nitrogens with one attached hydrogen (secondary N) is 1. The molecule has 25 heavy (non-hydrogen) atoms. The maximum atomic E-state index is 12.0. The summed E-state index contributed by atoms with van der Waals surface area (Å²) >= 11 is 1.88. The van der Waals surface area contributed by atoms with E-state index in [0.29, 0.717) is 11.6 Å². The molecule has 5 heteroatoms. The monoisotopic (exact) mass is 354 g/mol. The molecule has 5 rings (SSSR count). The third kappa shape index (κ3) is 2.68. The number of benzene rings is 1. The highest BCUT2D eigenvalue weighted by Crippen LogP contribution is 2.42. The first-order chi connectivity index (χ1) is 12.2. The van der Waals surface area contributed by atoms with E-state index in [1.54, 1.807) is 21.9 Å². The van der Waals surface area contributed by atoms with Crippen LogP contribution in [0.3, 0.4) is 0 Å². The first kappa shape index (κ1) is 15.2. The molecule has 0 saturated heterocycles. The minimum Gasteiger partial charge on any atom is -0.508 e. The number of fused-ring (bicyclic) bond motifs is 2. The van der Waals surface area contributed by atoms with Gasteiger partial charge in [0.2, 0.25) is 0 Å². The lowest BCUT2D eigenvalue weighted by Crippen LogP contribution is -3.12. The van der Waals surface area contributed by atoms with E-state index in [9.17, 15) is 9.90 Å². The molecule has 3 heterocycles. The smallest absolute Gasteiger partial charge is 0.336 e. The number of phenols is 1. The number of rotatable bonds is 3. The molecule has 2 atom stereocenters. The SMILES string of the molecule is O=c1cc(C[NH+]2CCc3sccc3[C@H]2C2CC2)c2ccc(O)cc2o1. The van der Waals surface area contributed by atoms with Gasteiger partial charge in [-0.3, -0.25) is 0 Å². The van der Waals surface area contributed by atoms with Gasteiger partial charge in [-0.15, -0.1) is 11.3 Å². The Morgan fingerprint density at radius 2 is 2.12 bits per heavy atom. The predicted octanol–water partition coefficient (Wildman–Crippen LogP) is 2.65. The van der Waals surface area contributed by atoms with Gasteiger partial charge in [0.15, 0.2) is 0 Å². The van der Waals surface area contributed by atoms with Gasteiger partial charge in [-0.05, 0) is 36.4 Å². The molecule has 3 aromatic rings. The zero-order valence-electron chi connectivity index (χ0n) is 13.8. The van der Waals surface area contributed by atoms with Crippen molar-refractivity contribution in [2.24, 2.45) is 5.92 Å². The van der Waals surface area contributed by atoms with Gasteiger partial charge in [-0.25, -0.2) is 4.79 Å². The van der Waals surface area contributed by atoms with Gasteiger partial charge in [0, 0.05) is 45.9 Å². The average molecular weight is 354 g/mol. The van der Waals surface area contributed by atoms with E-state index in [1.807, 2.05) is 17.4 Å². The van der Waals surface area contributed by atoms with E-state index in [4.69, 9.17) is 4.42 Å². The van der Waals surface area contributed by atoms with Crippen LogP contribution < -0.4 is 10.5 Å². The molecule has 2 aromatic heterocycles. The third-order valence-electron chi connectivity index (χ3n) is 5.55. The highest BCUT2D eigenvalue weighted by Gasteiger charge is 2.43. The molecule has 1 saturated carbocycles. The molecular weight excluding hydrogens is 334 g/mol. The van der Waals surface area contributed by atoms with Gasteiger partial charge >= 0.3 is 5.63 Å². The van der Waals surface area contributed by atoms with Gasteiger partial charge in [-0.1, -0.05) is 0 Å². The maximum Gasteiger partial charge on any atom is 0.336 e. The molecule has 1 aliphatic heterocycles. The van der Waals surface area contributed by atoms with Crippen LogP contribution in [0.15, 0.2) is 44.9 Å². The summed E-state index contributed by atoms with van der Waals surface area (Å²) < 4.78 is 5.28. The van der Waals surface area contributed by atoms with Crippen molar-refractivity contribution in [2.75, 3.05) is 6.54 Å².